The highest BCUT2D eigenvalue weighted by atomic mass is 79.9. The molecule has 1 aromatic rings. The molecule has 1 heterocycles. The number of anilines is 1. The summed E-state index contributed by atoms with van der Waals surface area (Å²) in [4.78, 5) is 25.8. The van der Waals surface area contributed by atoms with Crippen molar-refractivity contribution in [2.75, 3.05) is 31.5 Å². The van der Waals surface area contributed by atoms with Gasteiger partial charge in [-0.05, 0) is 43.0 Å². The number of halogens is 1. The lowest BCUT2D eigenvalue weighted by Crippen LogP contribution is -2.40. The van der Waals surface area contributed by atoms with Gasteiger partial charge in [0.15, 0.2) is 0 Å². The van der Waals surface area contributed by atoms with Crippen molar-refractivity contribution in [3.63, 3.8) is 0 Å². The normalized spacial score (nSPS) is 20.8. The molecule has 2 amide bonds. The van der Waals surface area contributed by atoms with Crippen LogP contribution in [0.15, 0.2) is 22.7 Å². The van der Waals surface area contributed by atoms with Crippen LogP contribution >= 0.6 is 15.9 Å². The minimum absolute atomic E-state index is 0.0675. The van der Waals surface area contributed by atoms with Crippen LogP contribution in [0.25, 0.3) is 0 Å². The van der Waals surface area contributed by atoms with Crippen LogP contribution in [-0.2, 0) is 9.59 Å². The van der Waals surface area contributed by atoms with Gasteiger partial charge in [0.05, 0.1) is 19.2 Å². The highest BCUT2D eigenvalue weighted by molar-refractivity contribution is 9.10. The number of likely N-dealkylation sites (tertiary alicyclic amines) is 1. The minimum Gasteiger partial charge on any atom is -0.391 e. The maximum Gasteiger partial charge on any atom is 0.243 e. The van der Waals surface area contributed by atoms with Crippen molar-refractivity contribution in [1.82, 2.24) is 10.2 Å². The molecule has 0 spiro atoms. The number of rotatable bonds is 6. The molecule has 6 nitrogen and oxygen atoms in total. The summed E-state index contributed by atoms with van der Waals surface area (Å²) in [5, 5.41) is 15.3. The average molecular weight is 398 g/mol. The van der Waals surface area contributed by atoms with Crippen molar-refractivity contribution >= 4 is 33.4 Å². The fraction of sp³-hybridized carbons (Fsp3) is 0.529. The van der Waals surface area contributed by atoms with Crippen LogP contribution < -0.4 is 10.6 Å². The molecule has 0 bridgehead atoms. The molecule has 7 heteroatoms. The van der Waals surface area contributed by atoms with Crippen molar-refractivity contribution in [3.8, 4) is 0 Å². The highest BCUT2D eigenvalue weighted by Gasteiger charge is 2.30. The SMILES string of the molecule is CCC1CN(CC(=O)NCC(=O)Nc2ccc(Br)cc2C)CC1O. The van der Waals surface area contributed by atoms with Gasteiger partial charge in [0.1, 0.15) is 0 Å². The van der Waals surface area contributed by atoms with Crippen LogP contribution in [-0.4, -0.2) is 54.1 Å². The molecular weight excluding hydrogens is 374 g/mol. The quantitative estimate of drug-likeness (QED) is 0.679. The molecule has 0 aromatic heterocycles. The molecule has 1 aliphatic heterocycles. The minimum atomic E-state index is -0.369. The third-order valence-electron chi connectivity index (χ3n) is 4.28. The summed E-state index contributed by atoms with van der Waals surface area (Å²) >= 11 is 3.38. The molecule has 1 fully saturated rings. The van der Waals surface area contributed by atoms with Gasteiger partial charge in [-0.15, -0.1) is 0 Å². The van der Waals surface area contributed by atoms with Gasteiger partial charge < -0.3 is 15.7 Å². The predicted octanol–water partition coefficient (Wildman–Crippen LogP) is 1.51. The zero-order valence-corrected chi connectivity index (χ0v) is 15.6. The van der Waals surface area contributed by atoms with Crippen molar-refractivity contribution in [2.45, 2.75) is 26.4 Å². The largest absolute Gasteiger partial charge is 0.391 e. The van der Waals surface area contributed by atoms with Gasteiger partial charge in [-0.25, -0.2) is 0 Å². The molecule has 0 aliphatic carbocycles. The lowest BCUT2D eigenvalue weighted by Gasteiger charge is -2.15. The highest BCUT2D eigenvalue weighted by Crippen LogP contribution is 2.20. The van der Waals surface area contributed by atoms with Crippen molar-refractivity contribution < 1.29 is 14.7 Å². The van der Waals surface area contributed by atoms with Gasteiger partial charge in [-0.2, -0.15) is 0 Å². The third kappa shape index (κ3) is 5.29. The number of aliphatic hydroxyl groups is 1. The Balaban J connectivity index is 1.74. The Labute approximate surface area is 150 Å². The molecule has 2 atom stereocenters. The predicted molar refractivity (Wildman–Crippen MR) is 96.7 cm³/mol. The molecule has 1 aliphatic rings. The lowest BCUT2D eigenvalue weighted by molar-refractivity contribution is -0.124. The van der Waals surface area contributed by atoms with E-state index in [0.29, 0.717) is 6.54 Å². The van der Waals surface area contributed by atoms with E-state index < -0.39 is 0 Å². The first-order chi connectivity index (χ1) is 11.4. The third-order valence-corrected chi connectivity index (χ3v) is 4.78. The first-order valence-electron chi connectivity index (χ1n) is 8.12. The summed E-state index contributed by atoms with van der Waals surface area (Å²) in [5.41, 5.74) is 1.67. The Morgan fingerprint density at radius 3 is 2.71 bits per heavy atom. The Kier molecular flexibility index (Phi) is 6.77. The van der Waals surface area contributed by atoms with Crippen molar-refractivity contribution in [2.24, 2.45) is 5.92 Å². The number of nitrogens with one attached hydrogen (secondary N) is 2. The van der Waals surface area contributed by atoms with Gasteiger partial charge in [-0.1, -0.05) is 22.9 Å². The zero-order chi connectivity index (χ0) is 17.7. The Bertz CT molecular complexity index is 609. The smallest absolute Gasteiger partial charge is 0.243 e. The molecule has 132 valence electrons. The topological polar surface area (TPSA) is 81.7 Å². The number of hydrogen-bond donors (Lipinski definition) is 3. The molecule has 2 rings (SSSR count). The number of aliphatic hydroxyl groups excluding tert-OH is 1. The summed E-state index contributed by atoms with van der Waals surface area (Å²) < 4.78 is 0.949. The monoisotopic (exact) mass is 397 g/mol. The van der Waals surface area contributed by atoms with E-state index in [1.165, 1.54) is 0 Å². The molecule has 24 heavy (non-hydrogen) atoms. The van der Waals surface area contributed by atoms with Gasteiger partial charge in [0.25, 0.3) is 0 Å². The Hall–Kier alpha value is -1.44. The van der Waals surface area contributed by atoms with Crippen LogP contribution in [0.2, 0.25) is 0 Å². The van der Waals surface area contributed by atoms with Gasteiger partial charge in [-0.3, -0.25) is 14.5 Å². The Morgan fingerprint density at radius 2 is 2.08 bits per heavy atom. The molecule has 1 saturated heterocycles. The number of benzene rings is 1. The number of carbonyl (C=O) groups excluding carboxylic acids is 2. The number of amides is 2. The second-order valence-electron chi connectivity index (χ2n) is 6.21. The number of nitrogens with zero attached hydrogens (tertiary/aromatic N) is 1. The standard InChI is InChI=1S/C17H24BrN3O3/c1-3-12-8-21(9-15(12)22)10-17(24)19-7-16(23)20-14-5-4-13(18)6-11(14)2/h4-6,12,15,22H,3,7-10H2,1-2H3,(H,19,24)(H,20,23). The first-order valence-corrected chi connectivity index (χ1v) is 8.91. The molecule has 0 radical (unpaired) electrons. The van der Waals surface area contributed by atoms with E-state index in [0.717, 1.165) is 28.7 Å². The summed E-state index contributed by atoms with van der Waals surface area (Å²) in [6, 6.07) is 5.58. The second-order valence-corrected chi connectivity index (χ2v) is 7.13. The summed E-state index contributed by atoms with van der Waals surface area (Å²) in [6.45, 7) is 5.30. The van der Waals surface area contributed by atoms with E-state index in [9.17, 15) is 14.7 Å². The molecule has 2 unspecified atom stereocenters. The van der Waals surface area contributed by atoms with Crippen LogP contribution in [0.3, 0.4) is 0 Å². The number of carbonyl (C=O) groups is 2. The molecule has 1 aromatic carbocycles. The summed E-state index contributed by atoms with van der Waals surface area (Å²) in [7, 11) is 0. The Morgan fingerprint density at radius 1 is 1.33 bits per heavy atom. The molecular formula is C17H24BrN3O3. The van der Waals surface area contributed by atoms with Gasteiger partial charge in [0, 0.05) is 23.2 Å². The van der Waals surface area contributed by atoms with Crippen LogP contribution in [0.1, 0.15) is 18.9 Å². The second kappa shape index (κ2) is 8.60. The van der Waals surface area contributed by atoms with Gasteiger partial charge in [0.2, 0.25) is 11.8 Å². The number of β-amino-alcohol motifs (C(OH)–C–C–N with tert-alkyl or cyclic N) is 1. The van der Waals surface area contributed by atoms with Crippen LogP contribution in [0, 0.1) is 12.8 Å². The van der Waals surface area contributed by atoms with E-state index in [1.807, 2.05) is 36.9 Å². The van der Waals surface area contributed by atoms with Gasteiger partial charge >= 0.3 is 0 Å². The molecule has 0 saturated carbocycles. The zero-order valence-electron chi connectivity index (χ0n) is 14.0. The summed E-state index contributed by atoms with van der Waals surface area (Å²) in [5.74, 6) is -0.246. The van der Waals surface area contributed by atoms with Crippen LogP contribution in [0.5, 0.6) is 0 Å². The number of hydrogen-bond acceptors (Lipinski definition) is 4. The van der Waals surface area contributed by atoms with E-state index in [1.54, 1.807) is 0 Å². The summed E-state index contributed by atoms with van der Waals surface area (Å²) in [6.07, 6.45) is 0.528. The van der Waals surface area contributed by atoms with E-state index >= 15 is 0 Å². The van der Waals surface area contributed by atoms with Crippen molar-refractivity contribution in [3.05, 3.63) is 28.2 Å². The first kappa shape index (κ1) is 18.9. The van der Waals surface area contributed by atoms with Crippen LogP contribution in [0.4, 0.5) is 5.69 Å². The fourth-order valence-corrected chi connectivity index (χ4v) is 3.35. The van der Waals surface area contributed by atoms with E-state index in [2.05, 4.69) is 26.6 Å². The average Bonchev–Trinajstić information content (AvgIpc) is 2.87. The maximum absolute atomic E-state index is 12.0. The lowest BCUT2D eigenvalue weighted by atomic mass is 10.0. The number of aryl methyl sites for hydroxylation is 1. The molecule has 3 N–H and O–H groups in total. The van der Waals surface area contributed by atoms with Crippen molar-refractivity contribution in [1.29, 1.82) is 0 Å². The fourth-order valence-electron chi connectivity index (χ4n) is 2.87. The van der Waals surface area contributed by atoms with E-state index in [-0.39, 0.29) is 36.9 Å². The van der Waals surface area contributed by atoms with E-state index in [4.69, 9.17) is 0 Å². The maximum atomic E-state index is 12.0.